The molecule has 2 unspecified atom stereocenters. The SMILES string of the molecule is Cn1ccnc1C1N(C(=O)c2ccc(O)c(F)c2)CCC12C(=O)Nc1ccccc12.O=CO. The molecular weight excluding hydrogens is 431 g/mol. The Morgan fingerprint density at radius 2 is 2.03 bits per heavy atom. The molecule has 9 nitrogen and oxygen atoms in total. The summed E-state index contributed by atoms with van der Waals surface area (Å²) in [4.78, 5) is 41.1. The van der Waals surface area contributed by atoms with Gasteiger partial charge in [-0.05, 0) is 36.2 Å². The lowest BCUT2D eigenvalue weighted by atomic mass is 9.74. The Bertz CT molecular complexity index is 1240. The largest absolute Gasteiger partial charge is 0.505 e. The first kappa shape index (κ1) is 22.0. The number of phenolic OH excluding ortho intramolecular Hbond substituents is 1. The second-order valence-electron chi connectivity index (χ2n) is 7.79. The van der Waals surface area contributed by atoms with Crippen molar-refractivity contribution in [3.8, 4) is 5.75 Å². The number of anilines is 1. The van der Waals surface area contributed by atoms with Gasteiger partial charge in [0.15, 0.2) is 11.6 Å². The molecule has 33 heavy (non-hydrogen) atoms. The van der Waals surface area contributed by atoms with E-state index >= 15 is 0 Å². The summed E-state index contributed by atoms with van der Waals surface area (Å²) < 4.78 is 15.7. The lowest BCUT2D eigenvalue weighted by Crippen LogP contribution is -2.43. The van der Waals surface area contributed by atoms with Gasteiger partial charge in [-0.1, -0.05) is 18.2 Å². The van der Waals surface area contributed by atoms with Crippen LogP contribution in [0.25, 0.3) is 0 Å². The third-order valence-electron chi connectivity index (χ3n) is 6.15. The molecule has 3 heterocycles. The van der Waals surface area contributed by atoms with Gasteiger partial charge in [-0.25, -0.2) is 9.37 Å². The average Bonchev–Trinajstić information content (AvgIpc) is 3.47. The van der Waals surface area contributed by atoms with Gasteiger partial charge in [-0.15, -0.1) is 0 Å². The number of imidazole rings is 1. The Hall–Kier alpha value is -4.21. The quantitative estimate of drug-likeness (QED) is 0.513. The van der Waals surface area contributed by atoms with Gasteiger partial charge >= 0.3 is 0 Å². The number of fused-ring (bicyclic) bond motifs is 2. The highest BCUT2D eigenvalue weighted by molar-refractivity contribution is 6.08. The summed E-state index contributed by atoms with van der Waals surface area (Å²) in [5, 5.41) is 19.3. The Labute approximate surface area is 188 Å². The average molecular weight is 452 g/mol. The minimum absolute atomic E-state index is 0.105. The fourth-order valence-electron chi connectivity index (χ4n) is 4.71. The Morgan fingerprint density at radius 3 is 2.70 bits per heavy atom. The van der Waals surface area contributed by atoms with Gasteiger partial charge in [0.05, 0.1) is 0 Å². The van der Waals surface area contributed by atoms with Gasteiger partial charge in [0.25, 0.3) is 12.4 Å². The molecule has 2 atom stereocenters. The number of amides is 2. The van der Waals surface area contributed by atoms with Crippen LogP contribution >= 0.6 is 0 Å². The molecule has 0 radical (unpaired) electrons. The zero-order chi connectivity index (χ0) is 23.8. The zero-order valence-corrected chi connectivity index (χ0v) is 17.6. The van der Waals surface area contributed by atoms with Crippen molar-refractivity contribution in [2.45, 2.75) is 17.9 Å². The first-order chi connectivity index (χ1) is 15.8. The van der Waals surface area contributed by atoms with Gasteiger partial charge in [0, 0.05) is 37.2 Å². The number of carbonyl (C=O) groups excluding carboxylic acids is 2. The third kappa shape index (κ3) is 3.39. The van der Waals surface area contributed by atoms with Gasteiger partial charge in [-0.3, -0.25) is 14.4 Å². The van der Waals surface area contributed by atoms with Crippen LogP contribution in [-0.4, -0.2) is 49.5 Å². The molecule has 0 bridgehead atoms. The number of benzene rings is 2. The summed E-state index contributed by atoms with van der Waals surface area (Å²) in [6.07, 6.45) is 3.81. The maximum absolute atomic E-state index is 13.9. The molecule has 10 heteroatoms. The molecule has 1 spiro atoms. The first-order valence-electron chi connectivity index (χ1n) is 10.1. The summed E-state index contributed by atoms with van der Waals surface area (Å²) in [5.74, 6) is -1.41. The molecule has 5 rings (SSSR count). The molecular formula is C23H21FN4O5. The maximum atomic E-state index is 13.9. The molecule has 2 aliphatic heterocycles. The monoisotopic (exact) mass is 452 g/mol. The summed E-state index contributed by atoms with van der Waals surface area (Å²) >= 11 is 0. The van der Waals surface area contributed by atoms with E-state index in [9.17, 15) is 19.1 Å². The summed E-state index contributed by atoms with van der Waals surface area (Å²) in [6.45, 7) is 0.0562. The number of halogens is 1. The normalized spacial score (nSPS) is 20.7. The van der Waals surface area contributed by atoms with Crippen LogP contribution in [-0.2, 0) is 22.1 Å². The standard InChI is InChI=1S/C22H19FN4O3.CH2O2/c1-26-11-9-24-19(26)18-22(14-4-2-3-5-16(14)25-21(22)30)8-10-27(18)20(29)13-6-7-17(28)15(23)12-13;2-1-3/h2-7,9,11-12,18,28H,8,10H2,1H3,(H,25,30);1H,(H,2,3). The second kappa shape index (κ2) is 8.38. The number of aromatic hydroxyl groups is 1. The third-order valence-corrected chi connectivity index (χ3v) is 6.15. The van der Waals surface area contributed by atoms with Crippen molar-refractivity contribution in [2.24, 2.45) is 7.05 Å². The second-order valence-corrected chi connectivity index (χ2v) is 7.79. The van der Waals surface area contributed by atoms with Crippen LogP contribution in [0.15, 0.2) is 54.9 Å². The van der Waals surface area contributed by atoms with Crippen molar-refractivity contribution in [1.29, 1.82) is 0 Å². The van der Waals surface area contributed by atoms with Crippen molar-refractivity contribution in [1.82, 2.24) is 14.5 Å². The number of aryl methyl sites for hydroxylation is 1. The van der Waals surface area contributed by atoms with Crippen LogP contribution < -0.4 is 5.32 Å². The number of para-hydroxylation sites is 1. The van der Waals surface area contributed by atoms with E-state index in [0.29, 0.717) is 18.8 Å². The molecule has 0 saturated carbocycles. The van der Waals surface area contributed by atoms with Crippen LogP contribution in [0.1, 0.15) is 34.2 Å². The van der Waals surface area contributed by atoms with E-state index in [1.165, 1.54) is 6.07 Å². The fraction of sp³-hybridized carbons (Fsp3) is 0.217. The van der Waals surface area contributed by atoms with Crippen LogP contribution in [0.3, 0.4) is 0 Å². The minimum atomic E-state index is -0.985. The lowest BCUT2D eigenvalue weighted by molar-refractivity contribution is -0.123. The molecule has 0 aliphatic carbocycles. The van der Waals surface area contributed by atoms with Crippen molar-refractivity contribution < 1.29 is 29.0 Å². The van der Waals surface area contributed by atoms with Gasteiger partial charge < -0.3 is 25.0 Å². The molecule has 1 aromatic heterocycles. The molecule has 3 aromatic rings. The molecule has 170 valence electrons. The van der Waals surface area contributed by atoms with E-state index in [2.05, 4.69) is 10.3 Å². The number of nitrogens with one attached hydrogen (secondary N) is 1. The number of aromatic nitrogens is 2. The Balaban J connectivity index is 0.000000821. The highest BCUT2D eigenvalue weighted by Gasteiger charge is 2.60. The van der Waals surface area contributed by atoms with E-state index in [4.69, 9.17) is 9.90 Å². The summed E-state index contributed by atoms with van der Waals surface area (Å²) in [5.41, 5.74) is 0.677. The van der Waals surface area contributed by atoms with Crippen molar-refractivity contribution in [3.63, 3.8) is 0 Å². The van der Waals surface area contributed by atoms with Gasteiger partial charge in [0.2, 0.25) is 5.91 Å². The predicted octanol–water partition coefficient (Wildman–Crippen LogP) is 2.44. The summed E-state index contributed by atoms with van der Waals surface area (Å²) in [7, 11) is 1.82. The molecule has 2 aromatic carbocycles. The van der Waals surface area contributed by atoms with E-state index in [0.717, 1.165) is 23.4 Å². The van der Waals surface area contributed by atoms with Crippen LogP contribution in [0.2, 0.25) is 0 Å². The number of carbonyl (C=O) groups is 3. The number of nitrogens with zero attached hydrogens (tertiary/aromatic N) is 3. The van der Waals surface area contributed by atoms with E-state index in [-0.39, 0.29) is 17.9 Å². The van der Waals surface area contributed by atoms with E-state index in [1.807, 2.05) is 31.3 Å². The predicted molar refractivity (Wildman–Crippen MR) is 115 cm³/mol. The molecule has 2 aliphatic rings. The number of likely N-dealkylation sites (tertiary alicyclic amines) is 1. The van der Waals surface area contributed by atoms with Gasteiger partial charge in [-0.2, -0.15) is 0 Å². The number of rotatable bonds is 2. The Kier molecular flexibility index (Phi) is 5.59. The molecule has 1 saturated heterocycles. The van der Waals surface area contributed by atoms with E-state index in [1.54, 1.807) is 21.9 Å². The number of phenols is 1. The number of carboxylic acid groups (broad SMARTS) is 1. The number of hydrogen-bond acceptors (Lipinski definition) is 5. The lowest BCUT2D eigenvalue weighted by Gasteiger charge is -2.33. The Morgan fingerprint density at radius 1 is 1.30 bits per heavy atom. The molecule has 3 N–H and O–H groups in total. The van der Waals surface area contributed by atoms with Crippen molar-refractivity contribution >= 4 is 24.0 Å². The smallest absolute Gasteiger partial charge is 0.290 e. The number of hydrogen-bond donors (Lipinski definition) is 3. The first-order valence-corrected chi connectivity index (χ1v) is 10.1. The topological polar surface area (TPSA) is 125 Å². The van der Waals surface area contributed by atoms with Crippen molar-refractivity contribution in [3.05, 3.63) is 77.6 Å². The van der Waals surface area contributed by atoms with Crippen LogP contribution in [0.5, 0.6) is 5.75 Å². The fourth-order valence-corrected chi connectivity index (χ4v) is 4.71. The maximum Gasteiger partial charge on any atom is 0.290 e. The summed E-state index contributed by atoms with van der Waals surface area (Å²) in [6, 6.07) is 10.4. The van der Waals surface area contributed by atoms with Crippen LogP contribution in [0.4, 0.5) is 10.1 Å². The van der Waals surface area contributed by atoms with Gasteiger partial charge in [0.1, 0.15) is 17.3 Å². The highest BCUT2D eigenvalue weighted by Crippen LogP contribution is 2.54. The minimum Gasteiger partial charge on any atom is -0.505 e. The highest BCUT2D eigenvalue weighted by atomic mass is 19.1. The zero-order valence-electron chi connectivity index (χ0n) is 17.6. The van der Waals surface area contributed by atoms with Crippen LogP contribution in [0, 0.1) is 5.82 Å². The molecule has 2 amide bonds. The van der Waals surface area contributed by atoms with E-state index < -0.39 is 28.9 Å². The molecule has 1 fully saturated rings. The van der Waals surface area contributed by atoms with Crippen molar-refractivity contribution in [2.75, 3.05) is 11.9 Å².